The van der Waals surface area contributed by atoms with Crippen LogP contribution in [0.4, 0.5) is 27.9 Å². The maximum Gasteiger partial charge on any atom is 0.229 e. The summed E-state index contributed by atoms with van der Waals surface area (Å²) in [6.07, 6.45) is 1.70. The minimum atomic E-state index is 0.631. The Hall–Kier alpha value is -3.45. The highest BCUT2D eigenvalue weighted by Gasteiger charge is 2.04. The molecule has 0 spiro atoms. The minimum Gasteiger partial charge on any atom is -0.398 e. The standard InChI is InChI=1S/C20H16N6S/c1-13-12-14(23-26-20-22-10-11-27-20)6-8-18(13)24-25-19-9-7-17(21)15-4-2-3-5-16(15)19/h2-12H,21H2,1H3. The fourth-order valence-corrected chi connectivity index (χ4v) is 3.13. The van der Waals surface area contributed by atoms with Gasteiger partial charge in [-0.1, -0.05) is 24.3 Å². The maximum absolute atomic E-state index is 6.04. The van der Waals surface area contributed by atoms with Gasteiger partial charge in [0.1, 0.15) is 0 Å². The average molecular weight is 372 g/mol. The first-order chi connectivity index (χ1) is 13.2. The lowest BCUT2D eigenvalue weighted by molar-refractivity contribution is 1.18. The summed E-state index contributed by atoms with van der Waals surface area (Å²) in [6.45, 7) is 1.97. The van der Waals surface area contributed by atoms with Crippen LogP contribution in [0.2, 0.25) is 0 Å². The molecule has 4 aromatic rings. The number of nitrogens with two attached hydrogens (primary N) is 1. The Bertz CT molecular complexity index is 1150. The number of hydrogen-bond donors (Lipinski definition) is 1. The van der Waals surface area contributed by atoms with Crippen LogP contribution < -0.4 is 5.73 Å². The second-order valence-corrected chi connectivity index (χ2v) is 6.78. The van der Waals surface area contributed by atoms with Crippen LogP contribution in [-0.4, -0.2) is 4.98 Å². The summed E-state index contributed by atoms with van der Waals surface area (Å²) in [4.78, 5) is 4.08. The molecule has 0 radical (unpaired) electrons. The summed E-state index contributed by atoms with van der Waals surface area (Å²) < 4.78 is 0. The van der Waals surface area contributed by atoms with Crippen molar-refractivity contribution in [2.24, 2.45) is 20.5 Å². The van der Waals surface area contributed by atoms with Gasteiger partial charge in [0.15, 0.2) is 0 Å². The Kier molecular flexibility index (Phi) is 4.67. The van der Waals surface area contributed by atoms with Crippen LogP contribution in [0.1, 0.15) is 5.56 Å². The van der Waals surface area contributed by atoms with Gasteiger partial charge < -0.3 is 5.73 Å². The largest absolute Gasteiger partial charge is 0.398 e. The van der Waals surface area contributed by atoms with Crippen molar-refractivity contribution in [3.05, 3.63) is 71.7 Å². The van der Waals surface area contributed by atoms with Crippen LogP contribution in [0.5, 0.6) is 0 Å². The summed E-state index contributed by atoms with van der Waals surface area (Å²) in [5.74, 6) is 0. The highest BCUT2D eigenvalue weighted by molar-refractivity contribution is 7.13. The number of rotatable bonds is 4. The number of nitrogen functional groups attached to an aromatic ring is 1. The number of thiazole rings is 1. The van der Waals surface area contributed by atoms with Crippen LogP contribution in [0, 0.1) is 6.92 Å². The van der Waals surface area contributed by atoms with E-state index in [0.29, 0.717) is 5.13 Å². The summed E-state index contributed by atoms with van der Waals surface area (Å²) in [6, 6.07) is 17.3. The molecule has 3 aromatic carbocycles. The first-order valence-electron chi connectivity index (χ1n) is 8.31. The third-order valence-corrected chi connectivity index (χ3v) is 4.71. The number of fused-ring (bicyclic) bond motifs is 1. The lowest BCUT2D eigenvalue weighted by atomic mass is 10.1. The van der Waals surface area contributed by atoms with Crippen LogP contribution in [0.15, 0.2) is 86.6 Å². The van der Waals surface area contributed by atoms with E-state index in [1.807, 2.05) is 66.9 Å². The van der Waals surface area contributed by atoms with E-state index in [1.54, 1.807) is 6.20 Å². The third-order valence-electron chi connectivity index (χ3n) is 4.05. The molecule has 7 heteroatoms. The molecule has 0 bridgehead atoms. The van der Waals surface area contributed by atoms with E-state index < -0.39 is 0 Å². The molecule has 0 fully saturated rings. The number of nitrogens with zero attached hydrogens (tertiary/aromatic N) is 5. The fourth-order valence-electron chi connectivity index (χ4n) is 2.68. The molecule has 0 saturated heterocycles. The summed E-state index contributed by atoms with van der Waals surface area (Å²) >= 11 is 1.44. The predicted molar refractivity (Wildman–Crippen MR) is 110 cm³/mol. The van der Waals surface area contributed by atoms with E-state index in [9.17, 15) is 0 Å². The number of aryl methyl sites for hydroxylation is 1. The summed E-state index contributed by atoms with van der Waals surface area (Å²) in [5.41, 5.74) is 10.1. The third kappa shape index (κ3) is 3.73. The molecule has 0 aliphatic heterocycles. The second-order valence-electron chi connectivity index (χ2n) is 5.90. The molecule has 0 atom stereocenters. The average Bonchev–Trinajstić information content (AvgIpc) is 3.21. The SMILES string of the molecule is Cc1cc(N=Nc2nccs2)ccc1N=Nc1ccc(N)c2ccccc12. The molecule has 0 unspecified atom stereocenters. The Morgan fingerprint density at radius 2 is 1.63 bits per heavy atom. The molecule has 27 heavy (non-hydrogen) atoms. The summed E-state index contributed by atoms with van der Waals surface area (Å²) in [7, 11) is 0. The van der Waals surface area contributed by atoms with E-state index in [-0.39, 0.29) is 0 Å². The predicted octanol–water partition coefficient (Wildman–Crippen LogP) is 7.02. The Balaban J connectivity index is 1.61. The van der Waals surface area contributed by atoms with Crippen LogP contribution in [0.25, 0.3) is 10.8 Å². The van der Waals surface area contributed by atoms with Crippen molar-refractivity contribution in [3.63, 3.8) is 0 Å². The summed E-state index contributed by atoms with van der Waals surface area (Å²) in [5, 5.41) is 21.6. The quantitative estimate of drug-likeness (QED) is 0.308. The fraction of sp³-hybridized carbons (Fsp3) is 0.0500. The van der Waals surface area contributed by atoms with Gasteiger partial charge in [0.05, 0.1) is 17.1 Å². The molecule has 0 amide bonds. The molecular formula is C20H16N6S. The van der Waals surface area contributed by atoms with Crippen molar-refractivity contribution < 1.29 is 0 Å². The van der Waals surface area contributed by atoms with Gasteiger partial charge in [-0.05, 0) is 42.8 Å². The molecule has 0 aliphatic rings. The van der Waals surface area contributed by atoms with E-state index >= 15 is 0 Å². The first kappa shape index (κ1) is 17.0. The Morgan fingerprint density at radius 3 is 2.41 bits per heavy atom. The van der Waals surface area contributed by atoms with Gasteiger partial charge in [0.2, 0.25) is 5.13 Å². The van der Waals surface area contributed by atoms with Crippen molar-refractivity contribution in [1.82, 2.24) is 4.98 Å². The lowest BCUT2D eigenvalue weighted by Gasteiger charge is -2.04. The highest BCUT2D eigenvalue weighted by Crippen LogP contribution is 2.32. The van der Waals surface area contributed by atoms with Gasteiger partial charge >= 0.3 is 0 Å². The Labute approximate surface area is 160 Å². The number of aromatic nitrogens is 1. The van der Waals surface area contributed by atoms with E-state index in [0.717, 1.165) is 39.1 Å². The minimum absolute atomic E-state index is 0.631. The van der Waals surface area contributed by atoms with Gasteiger partial charge in [-0.2, -0.15) is 5.11 Å². The van der Waals surface area contributed by atoms with Gasteiger partial charge in [-0.3, -0.25) is 0 Å². The molecule has 0 aliphatic carbocycles. The van der Waals surface area contributed by atoms with Gasteiger partial charge in [-0.25, -0.2) is 4.98 Å². The van der Waals surface area contributed by atoms with Crippen LogP contribution >= 0.6 is 11.3 Å². The van der Waals surface area contributed by atoms with Crippen LogP contribution in [-0.2, 0) is 0 Å². The van der Waals surface area contributed by atoms with E-state index in [1.165, 1.54) is 11.3 Å². The zero-order chi connectivity index (χ0) is 18.6. The normalized spacial score (nSPS) is 11.7. The molecule has 1 heterocycles. The monoisotopic (exact) mass is 372 g/mol. The zero-order valence-electron chi connectivity index (χ0n) is 14.6. The number of anilines is 1. The molecule has 1 aromatic heterocycles. The zero-order valence-corrected chi connectivity index (χ0v) is 15.4. The second kappa shape index (κ2) is 7.43. The molecule has 6 nitrogen and oxygen atoms in total. The van der Waals surface area contributed by atoms with Crippen molar-refractivity contribution >= 4 is 50.0 Å². The number of benzene rings is 3. The molecule has 0 saturated carbocycles. The molecular weight excluding hydrogens is 356 g/mol. The van der Waals surface area contributed by atoms with Crippen molar-refractivity contribution in [2.45, 2.75) is 6.92 Å². The highest BCUT2D eigenvalue weighted by atomic mass is 32.1. The Morgan fingerprint density at radius 1 is 0.852 bits per heavy atom. The lowest BCUT2D eigenvalue weighted by Crippen LogP contribution is -1.86. The number of azo groups is 2. The smallest absolute Gasteiger partial charge is 0.229 e. The topological polar surface area (TPSA) is 88.3 Å². The van der Waals surface area contributed by atoms with Gasteiger partial charge in [0, 0.05) is 28.0 Å². The first-order valence-corrected chi connectivity index (χ1v) is 9.19. The maximum atomic E-state index is 6.04. The van der Waals surface area contributed by atoms with Crippen molar-refractivity contribution in [2.75, 3.05) is 5.73 Å². The van der Waals surface area contributed by atoms with Crippen molar-refractivity contribution in [3.8, 4) is 0 Å². The van der Waals surface area contributed by atoms with Crippen molar-refractivity contribution in [1.29, 1.82) is 0 Å². The molecule has 132 valence electrons. The van der Waals surface area contributed by atoms with Crippen LogP contribution in [0.3, 0.4) is 0 Å². The number of hydrogen-bond acceptors (Lipinski definition) is 7. The molecule has 2 N–H and O–H groups in total. The molecule has 4 rings (SSSR count). The van der Waals surface area contributed by atoms with E-state index in [2.05, 4.69) is 25.4 Å². The van der Waals surface area contributed by atoms with Gasteiger partial charge in [-0.15, -0.1) is 26.7 Å². The van der Waals surface area contributed by atoms with E-state index in [4.69, 9.17) is 5.73 Å². The van der Waals surface area contributed by atoms with Gasteiger partial charge in [0.25, 0.3) is 0 Å².